The molecule has 1 fully saturated rings. The molecule has 3 heterocycles. The van der Waals surface area contributed by atoms with Crippen molar-refractivity contribution < 1.29 is 8.78 Å². The van der Waals surface area contributed by atoms with Crippen molar-refractivity contribution in [2.45, 2.75) is 25.8 Å². The van der Waals surface area contributed by atoms with E-state index in [4.69, 9.17) is 0 Å². The molecule has 2 aromatic heterocycles. The summed E-state index contributed by atoms with van der Waals surface area (Å²) in [5.41, 5.74) is 0.422. The Labute approximate surface area is 158 Å². The van der Waals surface area contributed by atoms with E-state index in [1.807, 2.05) is 4.90 Å². The van der Waals surface area contributed by atoms with Crippen LogP contribution in [-0.4, -0.2) is 22.6 Å². The van der Waals surface area contributed by atoms with E-state index in [1.54, 1.807) is 24.3 Å². The second kappa shape index (κ2) is 7.08. The highest BCUT2D eigenvalue weighted by Gasteiger charge is 2.24. The Balaban J connectivity index is 1.92. The lowest BCUT2D eigenvalue weighted by molar-refractivity contribution is 0.533. The van der Waals surface area contributed by atoms with Gasteiger partial charge in [-0.1, -0.05) is 29.5 Å². The first-order chi connectivity index (χ1) is 13.1. The molecular weight excluding hydrogens is 370 g/mol. The van der Waals surface area contributed by atoms with Crippen LogP contribution in [0.15, 0.2) is 29.1 Å². The first kappa shape index (κ1) is 17.6. The minimum absolute atomic E-state index is 0.0415. The van der Waals surface area contributed by atoms with E-state index >= 15 is 0 Å². The van der Waals surface area contributed by atoms with Gasteiger partial charge in [-0.05, 0) is 30.9 Å². The summed E-state index contributed by atoms with van der Waals surface area (Å²) in [5.74, 6) is -0.744. The number of nitriles is 1. The standard InChI is InChI=1S/C19H16F2N4OS/c20-14-15-16(27-17(14)21)18(26)25(11-13-7-3-2-6-12(13)10-22)19(23-15)24-8-4-1-5-9-24/h2-3,6-7H,1,4-5,8-9,11H2. The van der Waals surface area contributed by atoms with Crippen LogP contribution in [0.1, 0.15) is 30.4 Å². The van der Waals surface area contributed by atoms with Gasteiger partial charge in [-0.3, -0.25) is 9.36 Å². The molecule has 0 spiro atoms. The molecule has 0 unspecified atom stereocenters. The van der Waals surface area contributed by atoms with Crippen LogP contribution in [0.3, 0.4) is 0 Å². The lowest BCUT2D eigenvalue weighted by Gasteiger charge is -2.29. The van der Waals surface area contributed by atoms with Crippen molar-refractivity contribution in [3.05, 3.63) is 56.7 Å². The maximum atomic E-state index is 14.1. The van der Waals surface area contributed by atoms with Gasteiger partial charge in [-0.2, -0.15) is 9.65 Å². The highest BCUT2D eigenvalue weighted by Crippen LogP contribution is 2.28. The van der Waals surface area contributed by atoms with Gasteiger partial charge in [0.1, 0.15) is 10.2 Å². The molecule has 138 valence electrons. The summed E-state index contributed by atoms with van der Waals surface area (Å²) >= 11 is 0.474. The van der Waals surface area contributed by atoms with E-state index < -0.39 is 16.5 Å². The third-order valence-corrected chi connectivity index (χ3v) is 5.72. The van der Waals surface area contributed by atoms with E-state index in [9.17, 15) is 18.8 Å². The summed E-state index contributed by atoms with van der Waals surface area (Å²) < 4.78 is 29.3. The zero-order valence-corrected chi connectivity index (χ0v) is 15.2. The highest BCUT2D eigenvalue weighted by atomic mass is 32.1. The maximum absolute atomic E-state index is 14.1. The lowest BCUT2D eigenvalue weighted by Crippen LogP contribution is -2.36. The van der Waals surface area contributed by atoms with Gasteiger partial charge in [0, 0.05) is 13.1 Å². The van der Waals surface area contributed by atoms with Crippen molar-refractivity contribution in [3.63, 3.8) is 0 Å². The van der Waals surface area contributed by atoms with Crippen LogP contribution in [-0.2, 0) is 6.54 Å². The first-order valence-corrected chi connectivity index (χ1v) is 9.53. The molecule has 5 nitrogen and oxygen atoms in total. The van der Waals surface area contributed by atoms with E-state index in [0.29, 0.717) is 41.5 Å². The number of aromatic nitrogens is 2. The van der Waals surface area contributed by atoms with Crippen molar-refractivity contribution >= 4 is 27.5 Å². The van der Waals surface area contributed by atoms with Gasteiger partial charge >= 0.3 is 0 Å². The fourth-order valence-corrected chi connectivity index (χ4v) is 4.20. The fraction of sp³-hybridized carbons (Fsp3) is 0.316. The number of nitrogens with zero attached hydrogens (tertiary/aromatic N) is 4. The largest absolute Gasteiger partial charge is 0.342 e. The van der Waals surface area contributed by atoms with Gasteiger partial charge in [0.2, 0.25) is 11.1 Å². The number of hydrogen-bond acceptors (Lipinski definition) is 5. The number of fused-ring (bicyclic) bond motifs is 1. The van der Waals surface area contributed by atoms with E-state index in [1.165, 1.54) is 4.57 Å². The minimum atomic E-state index is -1.07. The number of rotatable bonds is 3. The first-order valence-electron chi connectivity index (χ1n) is 8.71. The van der Waals surface area contributed by atoms with Crippen molar-refractivity contribution in [1.82, 2.24) is 9.55 Å². The highest BCUT2D eigenvalue weighted by molar-refractivity contribution is 7.17. The van der Waals surface area contributed by atoms with E-state index in [2.05, 4.69) is 11.1 Å². The van der Waals surface area contributed by atoms with Crippen molar-refractivity contribution in [2.75, 3.05) is 18.0 Å². The number of thiophene rings is 1. The van der Waals surface area contributed by atoms with Crippen LogP contribution in [0.4, 0.5) is 14.7 Å². The number of piperidine rings is 1. The van der Waals surface area contributed by atoms with E-state index in [-0.39, 0.29) is 16.8 Å². The molecule has 4 rings (SSSR count). The van der Waals surface area contributed by atoms with Gasteiger partial charge < -0.3 is 4.90 Å². The topological polar surface area (TPSA) is 61.9 Å². The Kier molecular flexibility index (Phi) is 4.62. The predicted molar refractivity (Wildman–Crippen MR) is 100 cm³/mol. The molecule has 1 aliphatic heterocycles. The van der Waals surface area contributed by atoms with Crippen molar-refractivity contribution in [2.24, 2.45) is 0 Å². The van der Waals surface area contributed by atoms with Crippen LogP contribution in [0.25, 0.3) is 10.2 Å². The van der Waals surface area contributed by atoms with E-state index in [0.717, 1.165) is 19.3 Å². The van der Waals surface area contributed by atoms with Crippen LogP contribution >= 0.6 is 11.3 Å². The molecule has 1 saturated heterocycles. The zero-order valence-electron chi connectivity index (χ0n) is 14.4. The van der Waals surface area contributed by atoms with Crippen molar-refractivity contribution in [1.29, 1.82) is 5.26 Å². The van der Waals surface area contributed by atoms with Crippen LogP contribution in [0.5, 0.6) is 0 Å². The normalized spacial score (nSPS) is 14.5. The molecule has 0 aliphatic carbocycles. The molecule has 0 N–H and O–H groups in total. The predicted octanol–water partition coefficient (Wildman–Crippen LogP) is 3.65. The monoisotopic (exact) mass is 386 g/mol. The molecule has 0 bridgehead atoms. The molecule has 1 aliphatic rings. The summed E-state index contributed by atoms with van der Waals surface area (Å²) in [6.07, 6.45) is 2.98. The molecule has 8 heteroatoms. The average molecular weight is 386 g/mol. The van der Waals surface area contributed by atoms with Gasteiger partial charge in [-0.15, -0.1) is 0 Å². The van der Waals surface area contributed by atoms with Crippen LogP contribution < -0.4 is 10.5 Å². The molecule has 0 atom stereocenters. The molecule has 0 radical (unpaired) electrons. The third-order valence-electron chi connectivity index (χ3n) is 4.79. The summed E-state index contributed by atoms with van der Waals surface area (Å²) in [6, 6.07) is 9.11. The molecule has 0 amide bonds. The van der Waals surface area contributed by atoms with Gasteiger partial charge in [0.05, 0.1) is 18.2 Å². The Hall–Kier alpha value is -2.79. The molecule has 0 saturated carbocycles. The zero-order chi connectivity index (χ0) is 19.0. The molecule has 3 aromatic rings. The molecular formula is C19H16F2N4OS. The van der Waals surface area contributed by atoms with Crippen LogP contribution in [0, 0.1) is 22.3 Å². The Morgan fingerprint density at radius 3 is 2.67 bits per heavy atom. The Bertz CT molecular complexity index is 1110. The molecule has 27 heavy (non-hydrogen) atoms. The summed E-state index contributed by atoms with van der Waals surface area (Å²) in [6.45, 7) is 1.52. The summed E-state index contributed by atoms with van der Waals surface area (Å²) in [4.78, 5) is 19.3. The number of halogens is 2. The average Bonchev–Trinajstić information content (AvgIpc) is 2.99. The smallest absolute Gasteiger partial charge is 0.273 e. The van der Waals surface area contributed by atoms with Gasteiger partial charge in [0.15, 0.2) is 5.82 Å². The molecule has 1 aromatic carbocycles. The Morgan fingerprint density at radius 1 is 1.19 bits per heavy atom. The van der Waals surface area contributed by atoms with Crippen molar-refractivity contribution in [3.8, 4) is 6.07 Å². The second-order valence-electron chi connectivity index (χ2n) is 6.49. The van der Waals surface area contributed by atoms with Gasteiger partial charge in [0.25, 0.3) is 5.56 Å². The fourth-order valence-electron chi connectivity index (χ4n) is 3.41. The van der Waals surface area contributed by atoms with Gasteiger partial charge in [-0.25, -0.2) is 9.37 Å². The maximum Gasteiger partial charge on any atom is 0.273 e. The van der Waals surface area contributed by atoms with Crippen LogP contribution in [0.2, 0.25) is 0 Å². The lowest BCUT2D eigenvalue weighted by atomic mass is 10.1. The SMILES string of the molecule is N#Cc1ccccc1Cn1c(N2CCCCC2)nc2c(F)c(F)sc2c1=O. The third kappa shape index (κ3) is 3.08. The minimum Gasteiger partial charge on any atom is -0.342 e. The quantitative estimate of drug-likeness (QED) is 0.689. The number of benzene rings is 1. The summed E-state index contributed by atoms with van der Waals surface area (Å²) in [5, 5.41) is 8.30. The number of anilines is 1. The second-order valence-corrected chi connectivity index (χ2v) is 7.46. The number of hydrogen-bond donors (Lipinski definition) is 0. The summed E-state index contributed by atoms with van der Waals surface area (Å²) in [7, 11) is 0. The Morgan fingerprint density at radius 2 is 1.93 bits per heavy atom.